The highest BCUT2D eigenvalue weighted by Crippen LogP contribution is 2.14. The molecule has 0 bridgehead atoms. The van der Waals surface area contributed by atoms with Crippen molar-refractivity contribution in [3.8, 4) is 5.75 Å². The van der Waals surface area contributed by atoms with Crippen molar-refractivity contribution in [1.29, 1.82) is 0 Å². The van der Waals surface area contributed by atoms with Crippen LogP contribution in [0.2, 0.25) is 0 Å². The van der Waals surface area contributed by atoms with Gasteiger partial charge in [-0.25, -0.2) is 0 Å². The van der Waals surface area contributed by atoms with Crippen LogP contribution >= 0.6 is 0 Å². The van der Waals surface area contributed by atoms with Crippen LogP contribution in [-0.4, -0.2) is 7.11 Å². The molecule has 0 saturated carbocycles. The Balaban J connectivity index is 3.01. The number of methoxy groups -OCH3 is 1. The molecule has 47 valence electrons. The largest absolute Gasteiger partial charge is 0.496 e. The van der Waals surface area contributed by atoms with Gasteiger partial charge in [0.25, 0.3) is 0 Å². The van der Waals surface area contributed by atoms with Gasteiger partial charge in [-0.15, -0.1) is 0 Å². The maximum absolute atomic E-state index is 4.98. The van der Waals surface area contributed by atoms with Gasteiger partial charge in [0, 0.05) is 0 Å². The smallest absolute Gasteiger partial charge is 0.122 e. The molecule has 1 rings (SSSR count). The van der Waals surface area contributed by atoms with Crippen LogP contribution in [-0.2, 0) is 0 Å². The first-order valence-electron chi connectivity index (χ1n) is 2.79. The number of rotatable bonds is 1. The van der Waals surface area contributed by atoms with Crippen LogP contribution in [0.4, 0.5) is 0 Å². The first-order chi connectivity index (χ1) is 4.34. The van der Waals surface area contributed by atoms with Gasteiger partial charge in [-0.1, -0.05) is 18.2 Å². The summed E-state index contributed by atoms with van der Waals surface area (Å²) in [6.45, 7) is 3.77. The number of hydrogen-bond donors (Lipinski definition) is 0. The number of benzene rings is 1. The first-order valence-corrected chi connectivity index (χ1v) is 2.79. The molecule has 0 heterocycles. The molecule has 0 aliphatic heterocycles. The minimum absolute atomic E-state index is 0.845. The zero-order chi connectivity index (χ0) is 6.69. The summed E-state index contributed by atoms with van der Waals surface area (Å²) in [5.41, 5.74) is 0.931. The molecule has 0 saturated heterocycles. The van der Waals surface area contributed by atoms with Gasteiger partial charge in [0.2, 0.25) is 0 Å². The third-order valence-corrected chi connectivity index (χ3v) is 1.19. The van der Waals surface area contributed by atoms with Crippen LogP contribution in [0, 0.1) is 6.92 Å². The monoisotopic (exact) mass is 121 g/mol. The van der Waals surface area contributed by atoms with Crippen LogP contribution in [0.5, 0.6) is 5.75 Å². The zero-order valence-electron chi connectivity index (χ0n) is 5.42. The molecule has 0 N–H and O–H groups in total. The summed E-state index contributed by atoms with van der Waals surface area (Å²) in [5, 5.41) is 0. The van der Waals surface area contributed by atoms with Crippen molar-refractivity contribution in [2.24, 2.45) is 0 Å². The lowest BCUT2D eigenvalue weighted by Crippen LogP contribution is -1.84. The van der Waals surface area contributed by atoms with Crippen LogP contribution < -0.4 is 4.74 Å². The molecule has 0 aromatic heterocycles. The Kier molecular flexibility index (Phi) is 1.73. The third-order valence-electron chi connectivity index (χ3n) is 1.19. The van der Waals surface area contributed by atoms with Crippen molar-refractivity contribution in [1.82, 2.24) is 0 Å². The summed E-state index contributed by atoms with van der Waals surface area (Å²) in [5.74, 6) is 0.845. The van der Waals surface area contributed by atoms with Gasteiger partial charge in [-0.2, -0.15) is 0 Å². The van der Waals surface area contributed by atoms with Gasteiger partial charge in [0.05, 0.1) is 7.11 Å². The summed E-state index contributed by atoms with van der Waals surface area (Å²) in [6.07, 6.45) is 0. The van der Waals surface area contributed by atoms with E-state index in [0.29, 0.717) is 0 Å². The maximum Gasteiger partial charge on any atom is 0.122 e. The fourth-order valence-corrected chi connectivity index (χ4v) is 0.703. The second-order valence-electron chi connectivity index (χ2n) is 1.81. The average Bonchev–Trinajstić information content (AvgIpc) is 1.89. The fraction of sp³-hybridized carbons (Fsp3) is 0.125. The molecule has 9 heavy (non-hydrogen) atoms. The minimum atomic E-state index is 0.845. The predicted octanol–water partition coefficient (Wildman–Crippen LogP) is 1.88. The highest BCUT2D eigenvalue weighted by atomic mass is 16.5. The summed E-state index contributed by atoms with van der Waals surface area (Å²) in [4.78, 5) is 0. The molecule has 1 aromatic carbocycles. The number of hydrogen-bond acceptors (Lipinski definition) is 1. The molecule has 1 nitrogen and oxygen atoms in total. The van der Waals surface area contributed by atoms with Gasteiger partial charge < -0.3 is 4.74 Å². The maximum atomic E-state index is 4.98. The summed E-state index contributed by atoms with van der Waals surface area (Å²) in [6, 6.07) is 7.67. The minimum Gasteiger partial charge on any atom is -0.496 e. The van der Waals surface area contributed by atoms with Crippen LogP contribution in [0.15, 0.2) is 24.3 Å². The second kappa shape index (κ2) is 2.53. The Morgan fingerprint density at radius 1 is 1.33 bits per heavy atom. The molecule has 0 atom stereocenters. The zero-order valence-corrected chi connectivity index (χ0v) is 5.42. The number of ether oxygens (including phenoxy) is 1. The quantitative estimate of drug-likeness (QED) is 0.551. The third kappa shape index (κ3) is 1.22. The topological polar surface area (TPSA) is 9.23 Å². The van der Waals surface area contributed by atoms with E-state index >= 15 is 0 Å². The highest BCUT2D eigenvalue weighted by molar-refractivity contribution is 5.34. The van der Waals surface area contributed by atoms with E-state index in [2.05, 4.69) is 6.92 Å². The van der Waals surface area contributed by atoms with Gasteiger partial charge in [-0.3, -0.25) is 0 Å². The van der Waals surface area contributed by atoms with Crippen molar-refractivity contribution < 1.29 is 4.74 Å². The Morgan fingerprint density at radius 2 is 2.00 bits per heavy atom. The molecular weight excluding hydrogens is 112 g/mol. The molecule has 0 spiro atoms. The molecular formula is C8H9O. The Hall–Kier alpha value is -0.980. The highest BCUT2D eigenvalue weighted by Gasteiger charge is 1.91. The molecule has 0 amide bonds. The Labute approximate surface area is 55.3 Å². The van der Waals surface area contributed by atoms with Gasteiger partial charge >= 0.3 is 0 Å². The van der Waals surface area contributed by atoms with E-state index in [4.69, 9.17) is 4.74 Å². The molecule has 0 aliphatic rings. The van der Waals surface area contributed by atoms with Crippen LogP contribution in [0.1, 0.15) is 5.56 Å². The molecule has 0 fully saturated rings. The van der Waals surface area contributed by atoms with Crippen LogP contribution in [0.25, 0.3) is 0 Å². The Bertz CT molecular complexity index is 194. The first kappa shape index (κ1) is 6.14. The predicted molar refractivity (Wildman–Crippen MR) is 37.5 cm³/mol. The molecule has 1 aromatic rings. The van der Waals surface area contributed by atoms with Crippen molar-refractivity contribution in [2.75, 3.05) is 7.11 Å². The molecule has 1 heteroatoms. The van der Waals surface area contributed by atoms with Gasteiger partial charge in [0.15, 0.2) is 0 Å². The van der Waals surface area contributed by atoms with Gasteiger partial charge in [0.1, 0.15) is 5.75 Å². The van der Waals surface area contributed by atoms with Crippen molar-refractivity contribution in [3.63, 3.8) is 0 Å². The van der Waals surface area contributed by atoms with Gasteiger partial charge in [-0.05, 0) is 18.6 Å². The van der Waals surface area contributed by atoms with Crippen LogP contribution in [0.3, 0.4) is 0 Å². The molecule has 1 radical (unpaired) electrons. The van der Waals surface area contributed by atoms with E-state index in [-0.39, 0.29) is 0 Å². The lowest BCUT2D eigenvalue weighted by atomic mass is 10.2. The SMILES string of the molecule is [CH2]c1ccccc1OC. The average molecular weight is 121 g/mol. The van der Waals surface area contributed by atoms with E-state index in [1.54, 1.807) is 7.11 Å². The molecule has 0 unspecified atom stereocenters. The standard InChI is InChI=1S/C8H9O/c1-7-5-3-4-6-8(7)9-2/h3-6H,1H2,2H3. The van der Waals surface area contributed by atoms with E-state index in [9.17, 15) is 0 Å². The van der Waals surface area contributed by atoms with E-state index in [1.807, 2.05) is 24.3 Å². The van der Waals surface area contributed by atoms with Crippen molar-refractivity contribution in [3.05, 3.63) is 36.8 Å². The van der Waals surface area contributed by atoms with Crippen molar-refractivity contribution in [2.45, 2.75) is 0 Å². The van der Waals surface area contributed by atoms with E-state index in [1.165, 1.54) is 0 Å². The fourth-order valence-electron chi connectivity index (χ4n) is 0.703. The molecule has 0 aliphatic carbocycles. The lowest BCUT2D eigenvalue weighted by Gasteiger charge is -2.00. The normalized spacial score (nSPS) is 9.11. The number of para-hydroxylation sites is 1. The second-order valence-corrected chi connectivity index (χ2v) is 1.81. The lowest BCUT2D eigenvalue weighted by molar-refractivity contribution is 0.413. The summed E-state index contributed by atoms with van der Waals surface area (Å²) >= 11 is 0. The summed E-state index contributed by atoms with van der Waals surface area (Å²) in [7, 11) is 1.64. The van der Waals surface area contributed by atoms with E-state index in [0.717, 1.165) is 11.3 Å². The van der Waals surface area contributed by atoms with E-state index < -0.39 is 0 Å². The Morgan fingerprint density at radius 3 is 2.44 bits per heavy atom. The summed E-state index contributed by atoms with van der Waals surface area (Å²) < 4.78 is 4.98. The van der Waals surface area contributed by atoms with Crippen molar-refractivity contribution >= 4 is 0 Å².